The van der Waals surface area contributed by atoms with Gasteiger partial charge < -0.3 is 19.9 Å². The predicted molar refractivity (Wildman–Crippen MR) is 116 cm³/mol. The Kier molecular flexibility index (Phi) is 7.83. The lowest BCUT2D eigenvalue weighted by atomic mass is 10.1. The zero-order valence-corrected chi connectivity index (χ0v) is 18.0. The smallest absolute Gasteiger partial charge is 0.388 e. The highest BCUT2D eigenvalue weighted by Crippen LogP contribution is 2.27. The maximum absolute atomic E-state index is 12.4. The first-order valence-electron chi connectivity index (χ1n) is 9.82. The Bertz CT molecular complexity index is 1140. The molecule has 0 radical (unpaired) electrons. The second kappa shape index (κ2) is 10.6. The molecule has 1 aromatic heterocycles. The van der Waals surface area contributed by atoms with E-state index in [0.29, 0.717) is 41.1 Å². The number of sulfonamides is 1. The van der Waals surface area contributed by atoms with Crippen LogP contribution in [0.1, 0.15) is 18.6 Å². The molecule has 0 saturated carbocycles. The Morgan fingerprint density at radius 1 is 1.22 bits per heavy atom. The molecular weight excluding hydrogens is 446 g/mol. The molecule has 2 aromatic carbocycles. The van der Waals surface area contributed by atoms with E-state index in [4.69, 9.17) is 4.74 Å². The van der Waals surface area contributed by atoms with Crippen molar-refractivity contribution in [3.05, 3.63) is 48.0 Å². The van der Waals surface area contributed by atoms with Crippen LogP contribution in [0.3, 0.4) is 0 Å². The molecule has 4 N–H and O–H groups in total. The van der Waals surface area contributed by atoms with Crippen molar-refractivity contribution >= 4 is 26.6 Å². The van der Waals surface area contributed by atoms with E-state index >= 15 is 0 Å². The molecule has 174 valence electrons. The molecule has 3 rings (SSSR count). The molecule has 0 amide bonds. The number of halogens is 2. The van der Waals surface area contributed by atoms with Crippen LogP contribution in [0.4, 0.5) is 14.5 Å². The number of aromatic amines is 1. The highest BCUT2D eigenvalue weighted by Gasteiger charge is 2.13. The van der Waals surface area contributed by atoms with Crippen molar-refractivity contribution in [2.45, 2.75) is 19.6 Å². The number of hydrogen-bond acceptors (Lipinski definition) is 7. The van der Waals surface area contributed by atoms with Crippen molar-refractivity contribution in [1.29, 1.82) is 0 Å². The van der Waals surface area contributed by atoms with Crippen LogP contribution in [0.2, 0.25) is 0 Å². The molecule has 0 aliphatic rings. The topological polar surface area (TPSA) is 126 Å². The zero-order chi connectivity index (χ0) is 23.1. The van der Waals surface area contributed by atoms with E-state index in [1.807, 2.05) is 0 Å². The van der Waals surface area contributed by atoms with Crippen molar-refractivity contribution in [2.75, 3.05) is 30.2 Å². The fraction of sp³-hybridized carbons (Fsp3) is 0.350. The average molecular weight is 470 g/mol. The summed E-state index contributed by atoms with van der Waals surface area (Å²) >= 11 is 0. The fourth-order valence-corrected chi connectivity index (χ4v) is 3.53. The standard InChI is InChI=1S/C20H24F2N4O5S/c1-2-32(28,29)26-14-5-3-4-13(10-14)18(27)12-23-8-9-30-15-6-7-16-17(11-15)24-25-19(16)31-20(21)22/h3-7,10-11,18,20,23,26-27H,2,8-9,12H2,1H3,(H,24,25). The second-order valence-electron chi connectivity index (χ2n) is 6.81. The summed E-state index contributed by atoms with van der Waals surface area (Å²) in [7, 11) is -3.39. The number of aromatic nitrogens is 2. The summed E-state index contributed by atoms with van der Waals surface area (Å²) < 4.78 is 60.5. The van der Waals surface area contributed by atoms with Crippen LogP contribution in [0.5, 0.6) is 11.6 Å². The van der Waals surface area contributed by atoms with Gasteiger partial charge in [-0.1, -0.05) is 12.1 Å². The highest BCUT2D eigenvalue weighted by atomic mass is 32.2. The monoisotopic (exact) mass is 470 g/mol. The van der Waals surface area contributed by atoms with Gasteiger partial charge in [-0.05, 0) is 36.8 Å². The molecule has 0 aliphatic carbocycles. The fourth-order valence-electron chi connectivity index (χ4n) is 2.90. The summed E-state index contributed by atoms with van der Waals surface area (Å²) in [5, 5.41) is 20.1. The zero-order valence-electron chi connectivity index (χ0n) is 17.2. The number of ether oxygens (including phenoxy) is 2. The number of benzene rings is 2. The maximum Gasteiger partial charge on any atom is 0.388 e. The first-order chi connectivity index (χ1) is 15.3. The number of nitrogens with zero attached hydrogens (tertiary/aromatic N) is 1. The second-order valence-corrected chi connectivity index (χ2v) is 8.82. The van der Waals surface area contributed by atoms with Crippen molar-refractivity contribution < 1.29 is 31.8 Å². The van der Waals surface area contributed by atoms with Crippen LogP contribution in [0.15, 0.2) is 42.5 Å². The van der Waals surface area contributed by atoms with Crippen LogP contribution in [-0.2, 0) is 10.0 Å². The molecule has 1 heterocycles. The van der Waals surface area contributed by atoms with Crippen molar-refractivity contribution in [3.63, 3.8) is 0 Å². The van der Waals surface area contributed by atoms with Crippen LogP contribution < -0.4 is 19.5 Å². The minimum Gasteiger partial charge on any atom is -0.492 e. The van der Waals surface area contributed by atoms with Gasteiger partial charge in [0.25, 0.3) is 0 Å². The Hall–Kier alpha value is -2.96. The number of rotatable bonds is 12. The first-order valence-corrected chi connectivity index (χ1v) is 11.5. The third kappa shape index (κ3) is 6.52. The van der Waals surface area contributed by atoms with Gasteiger partial charge in [-0.15, -0.1) is 5.10 Å². The van der Waals surface area contributed by atoms with E-state index in [9.17, 15) is 22.3 Å². The van der Waals surface area contributed by atoms with Gasteiger partial charge in [0.1, 0.15) is 12.4 Å². The molecule has 0 spiro atoms. The number of nitrogens with one attached hydrogen (secondary N) is 3. The van der Waals surface area contributed by atoms with Crippen LogP contribution >= 0.6 is 0 Å². The van der Waals surface area contributed by atoms with Gasteiger partial charge in [0.2, 0.25) is 15.9 Å². The van der Waals surface area contributed by atoms with Crippen molar-refractivity contribution in [1.82, 2.24) is 15.5 Å². The SMILES string of the molecule is CCS(=O)(=O)Nc1cccc(C(O)CNCCOc2ccc3c(OC(F)F)n[nH]c3c2)c1. The summed E-state index contributed by atoms with van der Waals surface area (Å²) in [5.74, 6) is 0.297. The van der Waals surface area contributed by atoms with E-state index in [1.54, 1.807) is 49.4 Å². The largest absolute Gasteiger partial charge is 0.492 e. The third-order valence-electron chi connectivity index (χ3n) is 4.51. The molecule has 3 aromatic rings. The minimum atomic E-state index is -3.39. The van der Waals surface area contributed by atoms with E-state index in [-0.39, 0.29) is 18.2 Å². The first kappa shape index (κ1) is 23.7. The Balaban J connectivity index is 1.45. The van der Waals surface area contributed by atoms with Crippen molar-refractivity contribution in [3.8, 4) is 11.6 Å². The molecule has 12 heteroatoms. The number of anilines is 1. The van der Waals surface area contributed by atoms with Crippen molar-refractivity contribution in [2.24, 2.45) is 0 Å². The third-order valence-corrected chi connectivity index (χ3v) is 5.82. The molecular formula is C20H24F2N4O5S. The lowest BCUT2D eigenvalue weighted by Gasteiger charge is -2.14. The molecule has 0 bridgehead atoms. The Labute approximate surface area is 183 Å². The van der Waals surface area contributed by atoms with Crippen LogP contribution in [-0.4, -0.2) is 55.8 Å². The van der Waals surface area contributed by atoms with Gasteiger partial charge in [-0.3, -0.25) is 9.82 Å². The number of fused-ring (bicyclic) bond motifs is 1. The number of aliphatic hydroxyl groups is 1. The van der Waals surface area contributed by atoms with Crippen LogP contribution in [0.25, 0.3) is 10.9 Å². The summed E-state index contributed by atoms with van der Waals surface area (Å²) in [5.41, 5.74) is 1.46. The normalized spacial score (nSPS) is 12.8. The predicted octanol–water partition coefficient (Wildman–Crippen LogP) is 2.63. The lowest BCUT2D eigenvalue weighted by molar-refractivity contribution is -0.0518. The number of hydrogen-bond donors (Lipinski definition) is 4. The molecule has 0 fully saturated rings. The van der Waals surface area contributed by atoms with Gasteiger partial charge in [0, 0.05) is 24.8 Å². The van der Waals surface area contributed by atoms with E-state index < -0.39 is 22.7 Å². The van der Waals surface area contributed by atoms with Gasteiger partial charge in [0.05, 0.1) is 22.8 Å². The number of H-pyrrole nitrogens is 1. The van der Waals surface area contributed by atoms with Gasteiger partial charge in [0.15, 0.2) is 0 Å². The van der Waals surface area contributed by atoms with Gasteiger partial charge >= 0.3 is 6.61 Å². The Morgan fingerprint density at radius 3 is 2.78 bits per heavy atom. The molecule has 1 atom stereocenters. The Morgan fingerprint density at radius 2 is 2.03 bits per heavy atom. The quantitative estimate of drug-likeness (QED) is 0.300. The summed E-state index contributed by atoms with van der Waals surface area (Å²) in [4.78, 5) is 0. The molecule has 0 aliphatic heterocycles. The minimum absolute atomic E-state index is 0.0424. The average Bonchev–Trinajstić information content (AvgIpc) is 3.14. The highest BCUT2D eigenvalue weighted by molar-refractivity contribution is 7.92. The van der Waals surface area contributed by atoms with E-state index in [1.165, 1.54) is 0 Å². The number of aliphatic hydroxyl groups excluding tert-OH is 1. The maximum atomic E-state index is 12.4. The van der Waals surface area contributed by atoms with Gasteiger partial charge in [-0.25, -0.2) is 8.42 Å². The molecule has 0 saturated heterocycles. The summed E-state index contributed by atoms with van der Waals surface area (Å²) in [6.45, 7) is -0.453. The molecule has 32 heavy (non-hydrogen) atoms. The summed E-state index contributed by atoms with van der Waals surface area (Å²) in [6, 6.07) is 11.4. The number of alkyl halides is 2. The van der Waals surface area contributed by atoms with Gasteiger partial charge in [-0.2, -0.15) is 8.78 Å². The molecule has 1 unspecified atom stereocenters. The van der Waals surface area contributed by atoms with E-state index in [2.05, 4.69) is 25.0 Å². The molecule has 9 nitrogen and oxygen atoms in total. The van der Waals surface area contributed by atoms with E-state index in [0.717, 1.165) is 0 Å². The lowest BCUT2D eigenvalue weighted by Crippen LogP contribution is -2.26. The van der Waals surface area contributed by atoms with Crippen LogP contribution in [0, 0.1) is 0 Å². The summed E-state index contributed by atoms with van der Waals surface area (Å²) in [6.07, 6.45) is -0.837.